The summed E-state index contributed by atoms with van der Waals surface area (Å²) in [7, 11) is 0. The number of thiophene rings is 1. The quantitative estimate of drug-likeness (QED) is 0.142. The van der Waals surface area contributed by atoms with Crippen LogP contribution in [0.15, 0.2) is 425 Å². The van der Waals surface area contributed by atoms with Crippen LogP contribution in [0, 0.1) is 0 Å². The Labute approximate surface area is 710 Å². The topological polar surface area (TPSA) is 85.9 Å². The maximum absolute atomic E-state index is 5.12. The van der Waals surface area contributed by atoms with Crippen molar-refractivity contribution >= 4 is 159 Å². The molecule has 12 nitrogen and oxygen atoms in total. The van der Waals surface area contributed by atoms with Crippen LogP contribution in [0.25, 0.3) is 171 Å². The first-order chi connectivity index (χ1) is 61.1. The van der Waals surface area contributed by atoms with Gasteiger partial charge in [0.25, 0.3) is 0 Å². The van der Waals surface area contributed by atoms with Crippen LogP contribution in [0.4, 0.5) is 51.2 Å². The Morgan fingerprint density at radius 1 is 0.195 bits per heavy atom. The summed E-state index contributed by atoms with van der Waals surface area (Å²) in [6.07, 6.45) is 3.64. The van der Waals surface area contributed by atoms with Crippen LogP contribution in [0.3, 0.4) is 0 Å². The van der Waals surface area contributed by atoms with Crippen molar-refractivity contribution in [3.8, 4) is 73.7 Å². The molecule has 0 unspecified atom stereocenters. The molecule has 7 aromatic heterocycles. The number of hydrogen-bond donors (Lipinski definition) is 0. The number of benzene rings is 17. The van der Waals surface area contributed by atoms with E-state index in [0.29, 0.717) is 0 Å². The van der Waals surface area contributed by atoms with Gasteiger partial charge in [-0.05, 0) is 187 Å². The lowest BCUT2D eigenvalue weighted by atomic mass is 10.0. The molecule has 27 rings (SSSR count). The number of fused-ring (bicyclic) bond motifs is 15. The highest BCUT2D eigenvalue weighted by Crippen LogP contribution is 2.54. The molecule has 0 saturated heterocycles. The fourth-order valence-electron chi connectivity index (χ4n) is 19.2. The molecule has 0 saturated carbocycles. The Balaban J connectivity index is 0.000000101. The van der Waals surface area contributed by atoms with E-state index in [1.54, 1.807) is 0 Å². The SMILES string of the molecule is c1ccc(-c2nc3cccc4c3n2-c2ccccc2N4c2ccc(-c3cccc4c3sc3ccccc34)cc2)cc1.c1ccc(-c2nc3cccc4c3n2-c2ccccc2N4c2ccc(-n3c4ccccc4c4ccccc43)cc2)cc1.c1ccc2c(c1)N(c1ccc(-n3c4ccccc4c4ccccc43)cc1)c1cccc3nc(-c4ccncc4)n-2c13. The lowest BCUT2D eigenvalue weighted by molar-refractivity contribution is 1.06. The van der Waals surface area contributed by atoms with Crippen molar-refractivity contribution in [1.29, 1.82) is 0 Å². The zero-order valence-electron chi connectivity index (χ0n) is 66.2. The van der Waals surface area contributed by atoms with Gasteiger partial charge in [-0.25, -0.2) is 15.0 Å². The predicted octanol–water partition coefficient (Wildman–Crippen LogP) is 29.1. The second kappa shape index (κ2) is 28.1. The lowest BCUT2D eigenvalue weighted by Gasteiger charge is -2.33. The van der Waals surface area contributed by atoms with E-state index in [9.17, 15) is 0 Å². The molecular formula is C110H70N12S. The highest BCUT2D eigenvalue weighted by Gasteiger charge is 2.34. The monoisotopic (exact) mass is 1590 g/mol. The summed E-state index contributed by atoms with van der Waals surface area (Å²) >= 11 is 1.88. The molecule has 0 fully saturated rings. The zero-order chi connectivity index (χ0) is 80.7. The molecule has 17 aromatic carbocycles. The van der Waals surface area contributed by atoms with Gasteiger partial charge in [0.15, 0.2) is 0 Å². The number of para-hydroxylation sites is 13. The average Bonchev–Trinajstić information content (AvgIpc) is 1.56. The minimum absolute atomic E-state index is 0.920. The van der Waals surface area contributed by atoms with Crippen LogP contribution in [-0.4, -0.2) is 42.8 Å². The fourth-order valence-corrected chi connectivity index (χ4v) is 20.5. The number of pyridine rings is 1. The minimum atomic E-state index is 0.920. The molecule has 10 heterocycles. The molecule has 123 heavy (non-hydrogen) atoms. The average molecular weight is 1590 g/mol. The number of hydrogen-bond acceptors (Lipinski definition) is 8. The minimum Gasteiger partial charge on any atom is -0.309 e. The first kappa shape index (κ1) is 69.6. The summed E-state index contributed by atoms with van der Waals surface area (Å²) in [6, 6.07) is 147. The fraction of sp³-hybridized carbons (Fsp3) is 0. The van der Waals surface area contributed by atoms with E-state index in [1.807, 2.05) is 48.0 Å². The molecule has 0 spiro atoms. The van der Waals surface area contributed by atoms with Gasteiger partial charge in [-0.1, -0.05) is 237 Å². The summed E-state index contributed by atoms with van der Waals surface area (Å²) < 4.78 is 14.3. The van der Waals surface area contributed by atoms with Crippen molar-refractivity contribution in [2.24, 2.45) is 0 Å². The van der Waals surface area contributed by atoms with E-state index in [0.717, 1.165) is 147 Å². The molecule has 24 aromatic rings. The number of anilines is 9. The molecule has 0 N–H and O–H groups in total. The first-order valence-corrected chi connectivity index (χ1v) is 42.3. The van der Waals surface area contributed by atoms with Gasteiger partial charge in [0.05, 0.1) is 106 Å². The third kappa shape index (κ3) is 10.9. The second-order valence-electron chi connectivity index (χ2n) is 31.3. The second-order valence-corrected chi connectivity index (χ2v) is 32.3. The normalized spacial score (nSPS) is 12.3. The Morgan fingerprint density at radius 2 is 0.496 bits per heavy atom. The molecule has 3 aliphatic rings. The van der Waals surface area contributed by atoms with E-state index in [4.69, 9.17) is 15.0 Å². The summed E-state index contributed by atoms with van der Waals surface area (Å²) in [4.78, 5) is 26.6. The van der Waals surface area contributed by atoms with E-state index < -0.39 is 0 Å². The standard InChI is InChI=1S/C37H24N4.C37H23N3S.C36H23N5/c1-2-11-25(12-3-1)37-38-30-15-10-20-35-36(30)41(37)34-19-9-8-18-33(34)40(35)27-23-21-26(22-24-27)39-31-16-6-4-13-28(31)29-14-5-7-17-32(29)39;1-2-10-25(11-3-1)37-38-30-15-9-18-33-35(30)40(37)32-17-6-5-16-31(32)39(33)26-22-20-24(21-23-26)27-13-8-14-29-28-12-4-7-19-34(28)41-36(27)29;1-3-11-30-27(8-1)28-9-2-4-12-31(28)39(30)25-16-18-26(19-17-25)40-32-13-5-6-14-33(32)41-35-29(10-7-15-34(35)40)38-36(41)24-20-22-37-23-21-24/h1-24H;2*1-23H. The van der Waals surface area contributed by atoms with Crippen molar-refractivity contribution in [1.82, 2.24) is 42.8 Å². The van der Waals surface area contributed by atoms with E-state index in [1.165, 1.54) is 74.9 Å². The van der Waals surface area contributed by atoms with Crippen molar-refractivity contribution < 1.29 is 0 Å². The Kier molecular flexibility index (Phi) is 15.9. The van der Waals surface area contributed by atoms with Crippen molar-refractivity contribution in [3.05, 3.63) is 425 Å². The molecule has 13 heteroatoms. The van der Waals surface area contributed by atoms with E-state index in [-0.39, 0.29) is 0 Å². The maximum atomic E-state index is 5.12. The molecule has 0 radical (unpaired) electrons. The summed E-state index contributed by atoms with van der Waals surface area (Å²) in [5, 5.41) is 7.73. The third-order valence-corrected chi connectivity index (χ3v) is 25.7. The van der Waals surface area contributed by atoms with Crippen LogP contribution < -0.4 is 14.7 Å². The van der Waals surface area contributed by atoms with Crippen molar-refractivity contribution in [2.75, 3.05) is 14.7 Å². The van der Waals surface area contributed by atoms with Crippen LogP contribution in [0.5, 0.6) is 0 Å². The van der Waals surface area contributed by atoms with Gasteiger partial charge in [0.2, 0.25) is 0 Å². The van der Waals surface area contributed by atoms with Crippen molar-refractivity contribution in [2.45, 2.75) is 0 Å². The van der Waals surface area contributed by atoms with Crippen LogP contribution >= 0.6 is 11.3 Å². The predicted molar refractivity (Wildman–Crippen MR) is 509 cm³/mol. The van der Waals surface area contributed by atoms with Crippen LogP contribution in [-0.2, 0) is 0 Å². The van der Waals surface area contributed by atoms with E-state index >= 15 is 0 Å². The van der Waals surface area contributed by atoms with Gasteiger partial charge < -0.3 is 23.8 Å². The highest BCUT2D eigenvalue weighted by atomic mass is 32.1. The van der Waals surface area contributed by atoms with Crippen LogP contribution in [0.1, 0.15) is 0 Å². The Morgan fingerprint density at radius 3 is 0.894 bits per heavy atom. The molecular weight excluding hydrogens is 1520 g/mol. The first-order valence-electron chi connectivity index (χ1n) is 41.5. The molecule has 0 aliphatic carbocycles. The van der Waals surface area contributed by atoms with Gasteiger partial charge in [-0.2, -0.15) is 0 Å². The molecule has 0 atom stereocenters. The van der Waals surface area contributed by atoms with Crippen molar-refractivity contribution in [3.63, 3.8) is 0 Å². The van der Waals surface area contributed by atoms with Gasteiger partial charge in [0, 0.05) is 99.2 Å². The van der Waals surface area contributed by atoms with Gasteiger partial charge in [-0.3, -0.25) is 18.7 Å². The largest absolute Gasteiger partial charge is 0.309 e. The van der Waals surface area contributed by atoms with Gasteiger partial charge in [0.1, 0.15) is 17.5 Å². The smallest absolute Gasteiger partial charge is 0.145 e. The summed E-state index contributed by atoms with van der Waals surface area (Å²) in [6.45, 7) is 0. The van der Waals surface area contributed by atoms with E-state index in [2.05, 4.69) is 431 Å². The Bertz CT molecular complexity index is 7880. The molecule has 0 amide bonds. The van der Waals surface area contributed by atoms with Crippen LogP contribution in [0.2, 0.25) is 0 Å². The zero-order valence-corrected chi connectivity index (χ0v) is 67.0. The van der Waals surface area contributed by atoms with Gasteiger partial charge in [-0.15, -0.1) is 11.3 Å². The van der Waals surface area contributed by atoms with Gasteiger partial charge >= 0.3 is 0 Å². The number of nitrogens with zero attached hydrogens (tertiary/aromatic N) is 12. The molecule has 3 aliphatic heterocycles. The Hall–Kier alpha value is -16.5. The third-order valence-electron chi connectivity index (χ3n) is 24.5. The lowest BCUT2D eigenvalue weighted by Crippen LogP contribution is -2.18. The maximum Gasteiger partial charge on any atom is 0.145 e. The molecule has 576 valence electrons. The number of rotatable bonds is 9. The summed E-state index contributed by atoms with van der Waals surface area (Å²) in [5.74, 6) is 2.84. The number of aromatic nitrogens is 9. The highest BCUT2D eigenvalue weighted by molar-refractivity contribution is 7.26. The summed E-state index contributed by atoms with van der Waals surface area (Å²) in [5.41, 5.74) is 32.7. The number of imidazole rings is 3. The molecule has 0 bridgehead atoms.